The van der Waals surface area contributed by atoms with Gasteiger partial charge in [0.2, 0.25) is 0 Å². The van der Waals surface area contributed by atoms with E-state index in [1.54, 1.807) is 20.8 Å². The summed E-state index contributed by atoms with van der Waals surface area (Å²) in [5, 5.41) is 2.57. The Morgan fingerprint density at radius 1 is 1.25 bits per heavy atom. The van der Waals surface area contributed by atoms with Gasteiger partial charge < -0.3 is 10.1 Å². The molecule has 0 radical (unpaired) electrons. The molecule has 0 aliphatic carbocycles. The van der Waals surface area contributed by atoms with E-state index < -0.39 is 29.6 Å². The maximum Gasteiger partial charge on any atom is 0.393 e. The van der Waals surface area contributed by atoms with Gasteiger partial charge in [-0.2, -0.15) is 13.2 Å². The Labute approximate surface area is 92.3 Å². The van der Waals surface area contributed by atoms with Gasteiger partial charge in [0.05, 0.1) is 11.8 Å². The summed E-state index contributed by atoms with van der Waals surface area (Å²) >= 11 is 0. The van der Waals surface area contributed by atoms with E-state index in [0.29, 0.717) is 0 Å². The smallest absolute Gasteiger partial charge is 0.393 e. The highest BCUT2D eigenvalue weighted by Crippen LogP contribution is 2.35. The van der Waals surface area contributed by atoms with Gasteiger partial charge in [0.1, 0.15) is 5.60 Å². The largest absolute Gasteiger partial charge is 0.460 e. The molecule has 0 bridgehead atoms. The average Bonchev–Trinajstić information content (AvgIpc) is 2.45. The molecule has 2 atom stereocenters. The van der Waals surface area contributed by atoms with Gasteiger partial charge in [-0.25, -0.2) is 0 Å². The van der Waals surface area contributed by atoms with Gasteiger partial charge in [-0.1, -0.05) is 0 Å². The summed E-state index contributed by atoms with van der Waals surface area (Å²) < 4.78 is 42.6. The van der Waals surface area contributed by atoms with Crippen LogP contribution in [0.5, 0.6) is 0 Å². The molecule has 3 nitrogen and oxygen atoms in total. The lowest BCUT2D eigenvalue weighted by Crippen LogP contribution is -2.37. The molecule has 1 saturated heterocycles. The maximum atomic E-state index is 12.6. The fourth-order valence-electron chi connectivity index (χ4n) is 1.65. The monoisotopic (exact) mass is 239 g/mol. The molecule has 1 N–H and O–H groups in total. The van der Waals surface area contributed by atoms with Crippen LogP contribution in [0.3, 0.4) is 0 Å². The molecule has 0 aromatic rings. The van der Waals surface area contributed by atoms with Crippen LogP contribution >= 0.6 is 0 Å². The van der Waals surface area contributed by atoms with Gasteiger partial charge in [0.15, 0.2) is 0 Å². The van der Waals surface area contributed by atoms with Gasteiger partial charge >= 0.3 is 12.1 Å². The first-order valence-corrected chi connectivity index (χ1v) is 5.11. The van der Waals surface area contributed by atoms with E-state index in [1.165, 1.54) is 0 Å². The number of hydrogen-bond donors (Lipinski definition) is 1. The van der Waals surface area contributed by atoms with E-state index in [0.717, 1.165) is 0 Å². The van der Waals surface area contributed by atoms with Crippen LogP contribution < -0.4 is 5.32 Å². The minimum atomic E-state index is -4.36. The van der Waals surface area contributed by atoms with Gasteiger partial charge in [-0.3, -0.25) is 4.79 Å². The molecule has 1 aliphatic heterocycles. The van der Waals surface area contributed by atoms with E-state index in [2.05, 4.69) is 5.32 Å². The summed E-state index contributed by atoms with van der Waals surface area (Å²) in [5.74, 6) is -3.54. The second kappa shape index (κ2) is 4.24. The van der Waals surface area contributed by atoms with Crippen LogP contribution in [0.4, 0.5) is 13.2 Å². The quantitative estimate of drug-likeness (QED) is 0.708. The molecule has 0 spiro atoms. The molecule has 0 unspecified atom stereocenters. The summed E-state index contributed by atoms with van der Waals surface area (Å²) in [6.07, 6.45) is -4.36. The van der Waals surface area contributed by atoms with Crippen LogP contribution in [0, 0.1) is 11.8 Å². The van der Waals surface area contributed by atoms with Crippen molar-refractivity contribution < 1.29 is 22.7 Å². The van der Waals surface area contributed by atoms with Crippen molar-refractivity contribution >= 4 is 5.97 Å². The minimum absolute atomic E-state index is 0.0269. The standard InChI is InChI=1S/C10H16F3NO2/c1-9(2,3)16-8(15)6-4-14-5-7(6)10(11,12)13/h6-7,14H,4-5H2,1-3H3/t6-,7-/m1/s1. The molecule has 1 heterocycles. The number of carbonyl (C=O) groups is 1. The van der Waals surface area contributed by atoms with Gasteiger partial charge in [0.25, 0.3) is 0 Å². The van der Waals surface area contributed by atoms with Gasteiger partial charge in [-0.05, 0) is 20.8 Å². The van der Waals surface area contributed by atoms with Crippen LogP contribution in [0.15, 0.2) is 0 Å². The van der Waals surface area contributed by atoms with Crippen molar-refractivity contribution in [3.05, 3.63) is 0 Å². The Hall–Kier alpha value is -0.780. The van der Waals surface area contributed by atoms with Crippen LogP contribution in [0.1, 0.15) is 20.8 Å². The Morgan fingerprint density at radius 3 is 2.25 bits per heavy atom. The molecule has 6 heteroatoms. The Kier molecular flexibility index (Phi) is 3.52. The van der Waals surface area contributed by atoms with E-state index in [4.69, 9.17) is 4.74 Å². The summed E-state index contributed by atoms with van der Waals surface area (Å²) in [7, 11) is 0. The first-order valence-electron chi connectivity index (χ1n) is 5.11. The highest BCUT2D eigenvalue weighted by molar-refractivity contribution is 5.74. The fourth-order valence-corrected chi connectivity index (χ4v) is 1.65. The SMILES string of the molecule is CC(C)(C)OC(=O)[C@@H]1CNC[C@H]1C(F)(F)F. The lowest BCUT2D eigenvalue weighted by Gasteiger charge is -2.25. The fraction of sp³-hybridized carbons (Fsp3) is 0.900. The van der Waals surface area contributed by atoms with Crippen molar-refractivity contribution in [2.75, 3.05) is 13.1 Å². The summed E-state index contributed by atoms with van der Waals surface area (Å²) in [5.41, 5.74) is -0.754. The first kappa shape index (κ1) is 13.3. The number of halogens is 3. The summed E-state index contributed by atoms with van der Waals surface area (Å²) in [6, 6.07) is 0. The number of hydrogen-bond acceptors (Lipinski definition) is 3. The summed E-state index contributed by atoms with van der Waals surface area (Å²) in [4.78, 5) is 11.6. The molecule has 1 fully saturated rings. The second-order valence-corrected chi connectivity index (χ2v) is 4.95. The summed E-state index contributed by atoms with van der Waals surface area (Å²) in [6.45, 7) is 4.72. The van der Waals surface area contributed by atoms with Gasteiger partial charge in [-0.15, -0.1) is 0 Å². The lowest BCUT2D eigenvalue weighted by molar-refractivity contribution is -0.194. The molecular weight excluding hydrogens is 223 g/mol. The zero-order valence-electron chi connectivity index (χ0n) is 9.52. The van der Waals surface area contributed by atoms with Crippen LogP contribution in [0.2, 0.25) is 0 Å². The highest BCUT2D eigenvalue weighted by atomic mass is 19.4. The van der Waals surface area contributed by atoms with Crippen LogP contribution in [-0.2, 0) is 9.53 Å². The van der Waals surface area contributed by atoms with Crippen molar-refractivity contribution in [2.24, 2.45) is 11.8 Å². The number of esters is 1. The molecule has 0 saturated carbocycles. The molecule has 0 amide bonds. The molecule has 1 aliphatic rings. The predicted molar refractivity (Wildman–Crippen MR) is 51.7 cm³/mol. The van der Waals surface area contributed by atoms with E-state index in [-0.39, 0.29) is 13.1 Å². The molecule has 1 rings (SSSR count). The normalized spacial score (nSPS) is 26.9. The predicted octanol–water partition coefficient (Wildman–Crippen LogP) is 1.73. The molecule has 0 aromatic heterocycles. The number of rotatable bonds is 1. The Bertz CT molecular complexity index is 270. The average molecular weight is 239 g/mol. The number of ether oxygens (including phenoxy) is 1. The number of nitrogens with one attached hydrogen (secondary N) is 1. The van der Waals surface area contributed by atoms with Crippen molar-refractivity contribution in [1.82, 2.24) is 5.32 Å². The van der Waals surface area contributed by atoms with Crippen molar-refractivity contribution in [3.8, 4) is 0 Å². The maximum absolute atomic E-state index is 12.6. The third kappa shape index (κ3) is 3.37. The van der Waals surface area contributed by atoms with Crippen molar-refractivity contribution in [1.29, 1.82) is 0 Å². The highest BCUT2D eigenvalue weighted by Gasteiger charge is 2.50. The molecule has 94 valence electrons. The van der Waals surface area contributed by atoms with Crippen LogP contribution in [0.25, 0.3) is 0 Å². The topological polar surface area (TPSA) is 38.3 Å². The third-order valence-electron chi connectivity index (χ3n) is 2.34. The Morgan fingerprint density at radius 2 is 1.81 bits per heavy atom. The van der Waals surface area contributed by atoms with Gasteiger partial charge in [0, 0.05) is 13.1 Å². The molecule has 0 aromatic carbocycles. The number of alkyl halides is 3. The first-order chi connectivity index (χ1) is 7.11. The number of carbonyl (C=O) groups excluding carboxylic acids is 1. The van der Waals surface area contributed by atoms with E-state index in [1.807, 2.05) is 0 Å². The van der Waals surface area contributed by atoms with Crippen LogP contribution in [-0.4, -0.2) is 30.8 Å². The van der Waals surface area contributed by atoms with Crippen molar-refractivity contribution in [2.45, 2.75) is 32.5 Å². The zero-order chi connectivity index (χ0) is 12.6. The minimum Gasteiger partial charge on any atom is -0.460 e. The second-order valence-electron chi connectivity index (χ2n) is 4.95. The lowest BCUT2D eigenvalue weighted by atomic mass is 9.95. The third-order valence-corrected chi connectivity index (χ3v) is 2.34. The zero-order valence-corrected chi connectivity index (χ0v) is 9.52. The van der Waals surface area contributed by atoms with E-state index >= 15 is 0 Å². The van der Waals surface area contributed by atoms with E-state index in [9.17, 15) is 18.0 Å². The molecular formula is C10H16F3NO2. The van der Waals surface area contributed by atoms with Crippen molar-refractivity contribution in [3.63, 3.8) is 0 Å². The molecule has 16 heavy (non-hydrogen) atoms. The Balaban J connectivity index is 2.69.